The van der Waals surface area contributed by atoms with Gasteiger partial charge in [-0.3, -0.25) is 4.79 Å². The van der Waals surface area contributed by atoms with Crippen LogP contribution in [0.4, 0.5) is 5.69 Å². The molecule has 5 heteroatoms. The SMILES string of the molecule is Cc1cc(C(=O)Nc2ccnc3[nH]ccc23)cc(C)c1CN. The minimum atomic E-state index is -0.136. The van der Waals surface area contributed by atoms with E-state index in [9.17, 15) is 4.79 Å². The number of anilines is 1. The molecule has 3 aromatic rings. The molecule has 0 aliphatic rings. The average Bonchev–Trinajstić information content (AvgIpc) is 2.96. The van der Waals surface area contributed by atoms with Gasteiger partial charge in [-0.1, -0.05) is 0 Å². The van der Waals surface area contributed by atoms with Gasteiger partial charge in [-0.05, 0) is 54.8 Å². The number of nitrogens with zero attached hydrogens (tertiary/aromatic N) is 1. The third kappa shape index (κ3) is 2.46. The van der Waals surface area contributed by atoms with Crippen LogP contribution < -0.4 is 11.1 Å². The van der Waals surface area contributed by atoms with Crippen LogP contribution in [-0.4, -0.2) is 15.9 Å². The highest BCUT2D eigenvalue weighted by molar-refractivity contribution is 6.08. The number of aryl methyl sites for hydroxylation is 2. The third-order valence-corrected chi connectivity index (χ3v) is 3.87. The summed E-state index contributed by atoms with van der Waals surface area (Å²) in [6.45, 7) is 4.43. The molecule has 0 bridgehead atoms. The third-order valence-electron chi connectivity index (χ3n) is 3.87. The second kappa shape index (κ2) is 5.61. The largest absolute Gasteiger partial charge is 0.346 e. The van der Waals surface area contributed by atoms with E-state index in [0.717, 1.165) is 33.4 Å². The molecule has 2 aromatic heterocycles. The second-order valence-corrected chi connectivity index (χ2v) is 5.35. The van der Waals surface area contributed by atoms with Crippen LogP contribution in [0.15, 0.2) is 36.7 Å². The van der Waals surface area contributed by atoms with Crippen molar-refractivity contribution in [3.63, 3.8) is 0 Å². The Kier molecular flexibility index (Phi) is 3.65. The molecule has 0 saturated carbocycles. The molecule has 1 amide bonds. The zero-order valence-corrected chi connectivity index (χ0v) is 12.6. The van der Waals surface area contributed by atoms with E-state index < -0.39 is 0 Å². The van der Waals surface area contributed by atoms with Crippen molar-refractivity contribution in [1.82, 2.24) is 9.97 Å². The summed E-state index contributed by atoms with van der Waals surface area (Å²) >= 11 is 0. The standard InChI is InChI=1S/C17H18N4O/c1-10-7-12(8-11(2)14(10)9-18)17(22)21-15-4-6-20-16-13(15)3-5-19-16/h3-8H,9,18H2,1-2H3,(H2,19,20,21,22). The number of nitrogens with two attached hydrogens (primary N) is 1. The van der Waals surface area contributed by atoms with Crippen LogP contribution in [-0.2, 0) is 6.54 Å². The zero-order valence-electron chi connectivity index (χ0n) is 12.6. The van der Waals surface area contributed by atoms with Crippen molar-refractivity contribution in [2.24, 2.45) is 5.73 Å². The molecule has 1 aromatic carbocycles. The predicted octanol–water partition coefficient (Wildman–Crippen LogP) is 2.89. The van der Waals surface area contributed by atoms with Crippen molar-refractivity contribution in [1.29, 1.82) is 0 Å². The van der Waals surface area contributed by atoms with Gasteiger partial charge in [-0.2, -0.15) is 0 Å². The van der Waals surface area contributed by atoms with Gasteiger partial charge in [0.15, 0.2) is 0 Å². The predicted molar refractivity (Wildman–Crippen MR) is 87.9 cm³/mol. The van der Waals surface area contributed by atoms with Gasteiger partial charge in [0.1, 0.15) is 5.65 Å². The lowest BCUT2D eigenvalue weighted by atomic mass is 9.99. The van der Waals surface area contributed by atoms with E-state index in [-0.39, 0.29) is 5.91 Å². The van der Waals surface area contributed by atoms with Gasteiger partial charge < -0.3 is 16.0 Å². The summed E-state index contributed by atoms with van der Waals surface area (Å²) in [6, 6.07) is 7.44. The Balaban J connectivity index is 1.93. The molecular weight excluding hydrogens is 276 g/mol. The lowest BCUT2D eigenvalue weighted by Gasteiger charge is -2.11. The smallest absolute Gasteiger partial charge is 0.255 e. The van der Waals surface area contributed by atoms with E-state index in [1.807, 2.05) is 32.0 Å². The first-order valence-electron chi connectivity index (χ1n) is 7.14. The Morgan fingerprint density at radius 2 is 2.00 bits per heavy atom. The van der Waals surface area contributed by atoms with Crippen LogP contribution in [0.3, 0.4) is 0 Å². The van der Waals surface area contributed by atoms with Gasteiger partial charge in [0.25, 0.3) is 5.91 Å². The van der Waals surface area contributed by atoms with E-state index in [2.05, 4.69) is 15.3 Å². The Morgan fingerprint density at radius 3 is 2.68 bits per heavy atom. The molecule has 2 heterocycles. The molecule has 112 valence electrons. The fourth-order valence-corrected chi connectivity index (χ4v) is 2.71. The van der Waals surface area contributed by atoms with E-state index >= 15 is 0 Å². The van der Waals surface area contributed by atoms with Crippen molar-refractivity contribution >= 4 is 22.6 Å². The highest BCUT2D eigenvalue weighted by atomic mass is 16.1. The number of fused-ring (bicyclic) bond motifs is 1. The Morgan fingerprint density at radius 1 is 1.27 bits per heavy atom. The molecule has 0 radical (unpaired) electrons. The molecule has 0 spiro atoms. The highest BCUT2D eigenvalue weighted by Gasteiger charge is 2.12. The van der Waals surface area contributed by atoms with Gasteiger partial charge in [0, 0.05) is 29.9 Å². The number of rotatable bonds is 3. The number of nitrogens with one attached hydrogen (secondary N) is 2. The number of carbonyl (C=O) groups is 1. The van der Waals surface area contributed by atoms with Gasteiger partial charge in [0.05, 0.1) is 5.69 Å². The topological polar surface area (TPSA) is 83.8 Å². The van der Waals surface area contributed by atoms with Crippen LogP contribution in [0.2, 0.25) is 0 Å². The average molecular weight is 294 g/mol. The fourth-order valence-electron chi connectivity index (χ4n) is 2.71. The minimum absolute atomic E-state index is 0.136. The van der Waals surface area contributed by atoms with Gasteiger partial charge in [0.2, 0.25) is 0 Å². The second-order valence-electron chi connectivity index (χ2n) is 5.35. The van der Waals surface area contributed by atoms with Crippen LogP contribution in [0.25, 0.3) is 11.0 Å². The van der Waals surface area contributed by atoms with Gasteiger partial charge >= 0.3 is 0 Å². The molecule has 0 aliphatic heterocycles. The molecule has 0 fully saturated rings. The van der Waals surface area contributed by atoms with Crippen LogP contribution in [0.5, 0.6) is 0 Å². The summed E-state index contributed by atoms with van der Waals surface area (Å²) in [4.78, 5) is 19.8. The number of aromatic nitrogens is 2. The summed E-state index contributed by atoms with van der Waals surface area (Å²) in [5.74, 6) is -0.136. The van der Waals surface area contributed by atoms with Gasteiger partial charge in [-0.15, -0.1) is 0 Å². The number of benzene rings is 1. The maximum Gasteiger partial charge on any atom is 0.255 e. The lowest BCUT2D eigenvalue weighted by molar-refractivity contribution is 0.102. The van der Waals surface area contributed by atoms with Crippen molar-refractivity contribution in [2.75, 3.05) is 5.32 Å². The number of hydrogen-bond donors (Lipinski definition) is 3. The fraction of sp³-hybridized carbons (Fsp3) is 0.176. The molecule has 3 rings (SSSR count). The van der Waals surface area contributed by atoms with Crippen LogP contribution in [0.1, 0.15) is 27.0 Å². The molecule has 4 N–H and O–H groups in total. The normalized spacial score (nSPS) is 10.9. The number of aromatic amines is 1. The number of hydrogen-bond acceptors (Lipinski definition) is 3. The molecule has 5 nitrogen and oxygen atoms in total. The molecular formula is C17H18N4O. The molecule has 0 atom stereocenters. The highest BCUT2D eigenvalue weighted by Crippen LogP contribution is 2.22. The molecule has 0 unspecified atom stereocenters. The quantitative estimate of drug-likeness (QED) is 0.694. The molecule has 0 aliphatic carbocycles. The summed E-state index contributed by atoms with van der Waals surface area (Å²) < 4.78 is 0. The number of H-pyrrole nitrogens is 1. The first-order chi connectivity index (χ1) is 10.6. The molecule has 0 saturated heterocycles. The Bertz CT molecular complexity index is 828. The first-order valence-corrected chi connectivity index (χ1v) is 7.14. The van der Waals surface area contributed by atoms with E-state index in [4.69, 9.17) is 5.73 Å². The maximum absolute atomic E-state index is 12.5. The minimum Gasteiger partial charge on any atom is -0.346 e. The van der Waals surface area contributed by atoms with Crippen LogP contribution in [0, 0.1) is 13.8 Å². The Labute approximate surface area is 128 Å². The van der Waals surface area contributed by atoms with Crippen LogP contribution >= 0.6 is 0 Å². The maximum atomic E-state index is 12.5. The summed E-state index contributed by atoms with van der Waals surface area (Å²) in [5.41, 5.74) is 11.0. The lowest BCUT2D eigenvalue weighted by Crippen LogP contribution is -2.14. The van der Waals surface area contributed by atoms with Crippen molar-refractivity contribution in [3.05, 3.63) is 58.9 Å². The zero-order chi connectivity index (χ0) is 15.7. The summed E-state index contributed by atoms with van der Waals surface area (Å²) in [5, 5.41) is 3.84. The molecule has 22 heavy (non-hydrogen) atoms. The van der Waals surface area contributed by atoms with E-state index in [1.54, 1.807) is 18.5 Å². The van der Waals surface area contributed by atoms with Crippen molar-refractivity contribution in [2.45, 2.75) is 20.4 Å². The summed E-state index contributed by atoms with van der Waals surface area (Å²) in [6.07, 6.45) is 3.47. The van der Waals surface area contributed by atoms with Crippen molar-refractivity contribution in [3.8, 4) is 0 Å². The first kappa shape index (κ1) is 14.3. The van der Waals surface area contributed by atoms with Gasteiger partial charge in [-0.25, -0.2) is 4.98 Å². The number of carbonyl (C=O) groups excluding carboxylic acids is 1. The number of pyridine rings is 1. The monoisotopic (exact) mass is 294 g/mol. The van der Waals surface area contributed by atoms with Crippen molar-refractivity contribution < 1.29 is 4.79 Å². The van der Waals surface area contributed by atoms with E-state index in [1.165, 1.54) is 0 Å². The van der Waals surface area contributed by atoms with E-state index in [0.29, 0.717) is 12.1 Å². The number of amides is 1. The Hall–Kier alpha value is -2.66. The summed E-state index contributed by atoms with van der Waals surface area (Å²) in [7, 11) is 0.